The van der Waals surface area contributed by atoms with Crippen molar-refractivity contribution in [3.8, 4) is 0 Å². The molecule has 1 unspecified atom stereocenters. The van der Waals surface area contributed by atoms with Crippen LogP contribution in [0.25, 0.3) is 0 Å². The van der Waals surface area contributed by atoms with Crippen LogP contribution in [-0.4, -0.2) is 34.8 Å². The largest absolute Gasteiger partial charge is 0.479 e. The number of ether oxygens (including phenoxy) is 1. The number of hydrogen-bond acceptors (Lipinski definition) is 5. The van der Waals surface area contributed by atoms with Crippen molar-refractivity contribution in [3.63, 3.8) is 0 Å². The first-order chi connectivity index (χ1) is 8.94. The quantitative estimate of drug-likeness (QED) is 0.633. The van der Waals surface area contributed by atoms with Gasteiger partial charge >= 0.3 is 5.97 Å². The number of aliphatic carboxylic acids is 1. The van der Waals surface area contributed by atoms with Crippen molar-refractivity contribution < 1.29 is 19.6 Å². The molecule has 1 saturated heterocycles. The minimum atomic E-state index is -1.29. The van der Waals surface area contributed by atoms with Crippen molar-refractivity contribution in [2.75, 3.05) is 18.5 Å². The van der Waals surface area contributed by atoms with E-state index in [9.17, 15) is 20.0 Å². The molecule has 0 aliphatic carbocycles. The van der Waals surface area contributed by atoms with Crippen LogP contribution in [0.1, 0.15) is 12.0 Å². The molecule has 1 aliphatic rings. The number of nitrogens with zero attached hydrogens (tertiary/aromatic N) is 1. The Hall–Kier alpha value is -2.15. The number of aryl methyl sites for hydroxylation is 1. The molecular weight excluding hydrogens is 252 g/mol. The molecule has 0 aromatic heterocycles. The monoisotopic (exact) mass is 266 g/mol. The summed E-state index contributed by atoms with van der Waals surface area (Å²) in [6, 6.07) is 4.55. The normalized spacial score (nSPS) is 22.2. The third kappa shape index (κ3) is 2.50. The van der Waals surface area contributed by atoms with E-state index in [1.54, 1.807) is 19.1 Å². The lowest BCUT2D eigenvalue weighted by molar-refractivity contribution is -0.384. The Morgan fingerprint density at radius 3 is 2.84 bits per heavy atom. The van der Waals surface area contributed by atoms with Gasteiger partial charge in [-0.05, 0) is 18.6 Å². The van der Waals surface area contributed by atoms with Gasteiger partial charge in [-0.3, -0.25) is 10.1 Å². The Kier molecular flexibility index (Phi) is 3.39. The first-order valence-corrected chi connectivity index (χ1v) is 5.79. The average Bonchev–Trinajstić information content (AvgIpc) is 2.78. The number of carbonyl (C=O) groups is 1. The van der Waals surface area contributed by atoms with E-state index in [1.165, 1.54) is 6.07 Å². The summed E-state index contributed by atoms with van der Waals surface area (Å²) in [5.74, 6) is -1.07. The van der Waals surface area contributed by atoms with Gasteiger partial charge in [-0.1, -0.05) is 6.07 Å². The van der Waals surface area contributed by atoms with E-state index in [0.29, 0.717) is 6.61 Å². The van der Waals surface area contributed by atoms with Crippen LogP contribution in [0.5, 0.6) is 0 Å². The van der Waals surface area contributed by atoms with E-state index < -0.39 is 16.4 Å². The van der Waals surface area contributed by atoms with Gasteiger partial charge in [0.1, 0.15) is 5.69 Å². The van der Waals surface area contributed by atoms with Gasteiger partial charge in [-0.15, -0.1) is 0 Å². The number of nitrogens with one attached hydrogen (secondary N) is 1. The van der Waals surface area contributed by atoms with Gasteiger partial charge in [0.05, 0.1) is 11.5 Å². The van der Waals surface area contributed by atoms with Crippen molar-refractivity contribution in [3.05, 3.63) is 33.9 Å². The van der Waals surface area contributed by atoms with Crippen molar-refractivity contribution in [1.29, 1.82) is 0 Å². The third-order valence-electron chi connectivity index (χ3n) is 3.15. The summed E-state index contributed by atoms with van der Waals surface area (Å²) < 4.78 is 5.11. The van der Waals surface area contributed by atoms with Crippen LogP contribution >= 0.6 is 0 Å². The number of rotatable bonds is 4. The number of benzene rings is 1. The first-order valence-electron chi connectivity index (χ1n) is 5.79. The van der Waals surface area contributed by atoms with E-state index in [1.807, 2.05) is 0 Å². The molecule has 0 saturated carbocycles. The van der Waals surface area contributed by atoms with Crippen LogP contribution in [-0.2, 0) is 9.53 Å². The Labute approximate surface area is 109 Å². The van der Waals surface area contributed by atoms with Crippen molar-refractivity contribution >= 4 is 17.3 Å². The Morgan fingerprint density at radius 2 is 2.32 bits per heavy atom. The van der Waals surface area contributed by atoms with Crippen LogP contribution in [0.3, 0.4) is 0 Å². The van der Waals surface area contributed by atoms with Crippen molar-refractivity contribution in [1.82, 2.24) is 0 Å². The number of anilines is 1. The zero-order valence-corrected chi connectivity index (χ0v) is 10.4. The van der Waals surface area contributed by atoms with Crippen LogP contribution < -0.4 is 5.32 Å². The van der Waals surface area contributed by atoms with Gasteiger partial charge in [-0.2, -0.15) is 0 Å². The molecule has 0 spiro atoms. The number of nitro benzene ring substituents is 1. The molecule has 1 fully saturated rings. The number of hydrogen-bond donors (Lipinski definition) is 2. The van der Waals surface area contributed by atoms with Gasteiger partial charge < -0.3 is 15.2 Å². The SMILES string of the molecule is Cc1ccc([N+](=O)[O-])c(NC2(C(=O)O)CCOC2)c1. The maximum absolute atomic E-state index is 11.4. The van der Waals surface area contributed by atoms with E-state index in [4.69, 9.17) is 4.74 Å². The fourth-order valence-corrected chi connectivity index (χ4v) is 2.05. The second-order valence-electron chi connectivity index (χ2n) is 4.59. The molecule has 0 bridgehead atoms. The molecule has 2 N–H and O–H groups in total. The zero-order chi connectivity index (χ0) is 14.0. The Bertz CT molecular complexity index is 523. The molecule has 1 atom stereocenters. The Balaban J connectivity index is 2.39. The van der Waals surface area contributed by atoms with Gasteiger partial charge in [0, 0.05) is 19.1 Å². The van der Waals surface area contributed by atoms with Crippen LogP contribution in [0.15, 0.2) is 18.2 Å². The maximum Gasteiger partial charge on any atom is 0.331 e. The predicted molar refractivity (Wildman–Crippen MR) is 67.3 cm³/mol. The van der Waals surface area contributed by atoms with E-state index >= 15 is 0 Å². The minimum absolute atomic E-state index is 0.00652. The molecule has 1 aromatic carbocycles. The Morgan fingerprint density at radius 1 is 1.58 bits per heavy atom. The summed E-state index contributed by atoms with van der Waals surface area (Å²) in [6.45, 7) is 2.10. The summed E-state index contributed by atoms with van der Waals surface area (Å²) >= 11 is 0. The predicted octanol–water partition coefficient (Wildman–Crippen LogP) is 1.56. The average molecular weight is 266 g/mol. The van der Waals surface area contributed by atoms with Gasteiger partial charge in [0.2, 0.25) is 0 Å². The summed E-state index contributed by atoms with van der Waals surface area (Å²) in [4.78, 5) is 21.8. The second-order valence-corrected chi connectivity index (χ2v) is 4.59. The third-order valence-corrected chi connectivity index (χ3v) is 3.15. The fraction of sp³-hybridized carbons (Fsp3) is 0.417. The smallest absolute Gasteiger partial charge is 0.331 e. The fourth-order valence-electron chi connectivity index (χ4n) is 2.05. The molecule has 102 valence electrons. The topological polar surface area (TPSA) is 102 Å². The minimum Gasteiger partial charge on any atom is -0.479 e. The summed E-state index contributed by atoms with van der Waals surface area (Å²) in [6.07, 6.45) is 0.271. The highest BCUT2D eigenvalue weighted by atomic mass is 16.6. The summed E-state index contributed by atoms with van der Waals surface area (Å²) in [7, 11) is 0. The molecule has 1 aromatic rings. The number of nitro groups is 1. The molecule has 0 amide bonds. The number of carboxylic acids is 1. The highest BCUT2D eigenvalue weighted by molar-refractivity contribution is 5.84. The van der Waals surface area contributed by atoms with Gasteiger partial charge in [-0.25, -0.2) is 4.79 Å². The van der Waals surface area contributed by atoms with Crippen LogP contribution in [0.2, 0.25) is 0 Å². The molecule has 2 rings (SSSR count). The summed E-state index contributed by atoms with van der Waals surface area (Å²) in [5.41, 5.74) is -0.415. The van der Waals surface area contributed by atoms with Crippen molar-refractivity contribution in [2.45, 2.75) is 18.9 Å². The zero-order valence-electron chi connectivity index (χ0n) is 10.4. The second kappa shape index (κ2) is 4.85. The highest BCUT2D eigenvalue weighted by Crippen LogP contribution is 2.31. The number of carboxylic acid groups (broad SMARTS) is 1. The molecule has 7 nitrogen and oxygen atoms in total. The van der Waals surface area contributed by atoms with E-state index in [2.05, 4.69) is 5.32 Å². The molecular formula is C12H14N2O5. The van der Waals surface area contributed by atoms with Crippen LogP contribution in [0, 0.1) is 17.0 Å². The molecule has 0 radical (unpaired) electrons. The molecule has 7 heteroatoms. The van der Waals surface area contributed by atoms with E-state index in [0.717, 1.165) is 5.56 Å². The lowest BCUT2D eigenvalue weighted by atomic mass is 9.98. The van der Waals surface area contributed by atoms with E-state index in [-0.39, 0.29) is 24.4 Å². The maximum atomic E-state index is 11.4. The standard InChI is InChI=1S/C12H14N2O5/c1-8-2-3-10(14(17)18)9(6-8)13-12(11(15)16)4-5-19-7-12/h2-3,6,13H,4-5,7H2,1H3,(H,15,16). The highest BCUT2D eigenvalue weighted by Gasteiger charge is 2.43. The molecule has 19 heavy (non-hydrogen) atoms. The van der Waals surface area contributed by atoms with Gasteiger partial charge in [0.25, 0.3) is 5.69 Å². The lowest BCUT2D eigenvalue weighted by Gasteiger charge is -2.24. The molecule has 1 aliphatic heterocycles. The first kappa shape index (κ1) is 13.3. The van der Waals surface area contributed by atoms with Crippen molar-refractivity contribution in [2.24, 2.45) is 0 Å². The van der Waals surface area contributed by atoms with Gasteiger partial charge in [0.15, 0.2) is 5.54 Å². The van der Waals surface area contributed by atoms with Crippen LogP contribution in [0.4, 0.5) is 11.4 Å². The molecule has 1 heterocycles. The summed E-state index contributed by atoms with van der Waals surface area (Å²) in [5, 5.41) is 23.1. The lowest BCUT2D eigenvalue weighted by Crippen LogP contribution is -2.47.